The lowest BCUT2D eigenvalue weighted by atomic mass is 10.1. The van der Waals surface area contributed by atoms with Gasteiger partial charge < -0.3 is 5.73 Å². The first-order valence-electron chi connectivity index (χ1n) is 5.19. The van der Waals surface area contributed by atoms with Crippen LogP contribution in [0, 0.1) is 0 Å². The molecule has 1 aromatic carbocycles. The summed E-state index contributed by atoms with van der Waals surface area (Å²) in [6, 6.07) is 7.62. The van der Waals surface area contributed by atoms with E-state index in [4.69, 9.17) is 5.73 Å². The number of nitrogens with two attached hydrogens (primary N) is 1. The molecule has 1 amide bonds. The highest BCUT2D eigenvalue weighted by Crippen LogP contribution is 2.24. The number of hydrogen-bond donors (Lipinski definition) is 1. The molecule has 0 bridgehead atoms. The second-order valence-corrected chi connectivity index (χ2v) is 4.81. The van der Waals surface area contributed by atoms with Crippen molar-refractivity contribution in [2.24, 2.45) is 5.73 Å². The van der Waals surface area contributed by atoms with E-state index in [0.29, 0.717) is 5.69 Å². The van der Waals surface area contributed by atoms with Crippen LogP contribution in [0.2, 0.25) is 0 Å². The lowest BCUT2D eigenvalue weighted by molar-refractivity contribution is 0.0995. The first kappa shape index (κ1) is 10.7. The quantitative estimate of drug-likeness (QED) is 0.792. The Balaban J connectivity index is 2.82. The van der Waals surface area contributed by atoms with Crippen LogP contribution < -0.4 is 5.73 Å². The molecule has 4 nitrogen and oxygen atoms in total. The van der Waals surface area contributed by atoms with Crippen molar-refractivity contribution in [3.63, 3.8) is 0 Å². The lowest BCUT2D eigenvalue weighted by Gasteiger charge is -2.20. The number of nitrogens with zero attached hydrogens (tertiary/aromatic N) is 2. The Morgan fingerprint density at radius 1 is 1.31 bits per heavy atom. The second-order valence-electron chi connectivity index (χ2n) is 4.81. The Hall–Kier alpha value is -1.84. The van der Waals surface area contributed by atoms with Gasteiger partial charge in [-0.2, -0.15) is 5.10 Å². The van der Waals surface area contributed by atoms with E-state index in [1.807, 2.05) is 49.7 Å². The summed E-state index contributed by atoms with van der Waals surface area (Å²) in [5, 5.41) is 5.11. The molecule has 0 fully saturated rings. The van der Waals surface area contributed by atoms with E-state index in [1.54, 1.807) is 0 Å². The molecular formula is C12H15N3O. The molecule has 0 saturated carbocycles. The number of carbonyl (C=O) groups is 1. The van der Waals surface area contributed by atoms with E-state index in [-0.39, 0.29) is 5.54 Å². The number of benzene rings is 1. The zero-order chi connectivity index (χ0) is 11.9. The van der Waals surface area contributed by atoms with Crippen molar-refractivity contribution in [2.45, 2.75) is 26.3 Å². The van der Waals surface area contributed by atoms with Gasteiger partial charge in [-0.25, -0.2) is 0 Å². The van der Waals surface area contributed by atoms with E-state index >= 15 is 0 Å². The molecule has 0 spiro atoms. The summed E-state index contributed by atoms with van der Waals surface area (Å²) in [7, 11) is 0. The third-order valence-corrected chi connectivity index (χ3v) is 2.46. The van der Waals surface area contributed by atoms with Gasteiger partial charge in [0.05, 0.1) is 11.1 Å². The zero-order valence-electron chi connectivity index (χ0n) is 9.69. The van der Waals surface area contributed by atoms with Gasteiger partial charge in [-0.3, -0.25) is 9.48 Å². The number of fused-ring (bicyclic) bond motifs is 1. The summed E-state index contributed by atoms with van der Waals surface area (Å²) in [5.41, 5.74) is 6.42. The van der Waals surface area contributed by atoms with Gasteiger partial charge in [0.25, 0.3) is 5.91 Å². The highest BCUT2D eigenvalue weighted by atomic mass is 16.1. The van der Waals surface area contributed by atoms with Crippen LogP contribution in [0.5, 0.6) is 0 Å². The van der Waals surface area contributed by atoms with E-state index in [0.717, 1.165) is 10.9 Å². The van der Waals surface area contributed by atoms with Crippen LogP contribution in [0.25, 0.3) is 10.9 Å². The summed E-state index contributed by atoms with van der Waals surface area (Å²) in [6.07, 6.45) is 0. The fourth-order valence-corrected chi connectivity index (χ4v) is 1.76. The molecule has 2 rings (SSSR count). The van der Waals surface area contributed by atoms with E-state index in [2.05, 4.69) is 5.10 Å². The number of aromatic nitrogens is 2. The van der Waals surface area contributed by atoms with Crippen molar-refractivity contribution >= 4 is 16.8 Å². The average Bonchev–Trinajstić information content (AvgIpc) is 2.56. The van der Waals surface area contributed by atoms with Gasteiger partial charge in [-0.15, -0.1) is 0 Å². The standard InChI is InChI=1S/C12H15N3O/c1-12(2,3)15-9-7-5-4-6-8(9)10(14-15)11(13)16/h4-7H,1-3H3,(H2,13,16). The second kappa shape index (κ2) is 3.33. The normalized spacial score (nSPS) is 11.9. The largest absolute Gasteiger partial charge is 0.364 e. The fourth-order valence-electron chi connectivity index (χ4n) is 1.76. The Morgan fingerprint density at radius 2 is 1.94 bits per heavy atom. The topological polar surface area (TPSA) is 60.9 Å². The Morgan fingerprint density at radius 3 is 2.50 bits per heavy atom. The van der Waals surface area contributed by atoms with E-state index in [1.165, 1.54) is 0 Å². The van der Waals surface area contributed by atoms with E-state index < -0.39 is 5.91 Å². The third kappa shape index (κ3) is 1.56. The molecule has 0 aliphatic rings. The SMILES string of the molecule is CC(C)(C)n1nc(C(N)=O)c2ccccc21. The number of para-hydroxylation sites is 1. The molecular weight excluding hydrogens is 202 g/mol. The summed E-state index contributed by atoms with van der Waals surface area (Å²) in [5.74, 6) is -0.487. The van der Waals surface area contributed by atoms with Crippen LogP contribution >= 0.6 is 0 Å². The molecule has 2 N–H and O–H groups in total. The van der Waals surface area contributed by atoms with Crippen LogP contribution in [0.1, 0.15) is 31.3 Å². The van der Waals surface area contributed by atoms with Crippen LogP contribution in [-0.2, 0) is 5.54 Å². The minimum absolute atomic E-state index is 0.173. The summed E-state index contributed by atoms with van der Waals surface area (Å²) < 4.78 is 1.84. The molecule has 0 atom stereocenters. The van der Waals surface area contributed by atoms with Crippen molar-refractivity contribution in [3.8, 4) is 0 Å². The molecule has 0 aliphatic carbocycles. The summed E-state index contributed by atoms with van der Waals surface area (Å²) in [6.45, 7) is 6.12. The van der Waals surface area contributed by atoms with Crippen molar-refractivity contribution in [2.75, 3.05) is 0 Å². The number of carbonyl (C=O) groups excluding carboxylic acids is 1. The first-order chi connectivity index (χ1) is 7.41. The minimum Gasteiger partial charge on any atom is -0.364 e. The van der Waals surface area contributed by atoms with E-state index in [9.17, 15) is 4.79 Å². The van der Waals surface area contributed by atoms with Crippen molar-refractivity contribution < 1.29 is 4.79 Å². The van der Waals surface area contributed by atoms with Gasteiger partial charge in [-0.1, -0.05) is 18.2 Å². The molecule has 0 saturated heterocycles. The molecule has 16 heavy (non-hydrogen) atoms. The number of primary amides is 1. The number of amides is 1. The molecule has 1 aromatic heterocycles. The van der Waals surface area contributed by atoms with Crippen LogP contribution in [0.4, 0.5) is 0 Å². The maximum absolute atomic E-state index is 11.3. The maximum Gasteiger partial charge on any atom is 0.269 e. The average molecular weight is 217 g/mol. The maximum atomic E-state index is 11.3. The molecule has 2 aromatic rings. The van der Waals surface area contributed by atoms with Gasteiger partial charge in [0.2, 0.25) is 0 Å². The van der Waals surface area contributed by atoms with Gasteiger partial charge in [0.1, 0.15) is 0 Å². The zero-order valence-corrected chi connectivity index (χ0v) is 9.69. The number of hydrogen-bond acceptors (Lipinski definition) is 2. The molecule has 4 heteroatoms. The molecule has 0 aliphatic heterocycles. The summed E-state index contributed by atoms with van der Waals surface area (Å²) in [4.78, 5) is 11.3. The molecule has 1 heterocycles. The first-order valence-corrected chi connectivity index (χ1v) is 5.19. The van der Waals surface area contributed by atoms with Gasteiger partial charge in [0.15, 0.2) is 5.69 Å². The van der Waals surface area contributed by atoms with Crippen molar-refractivity contribution in [3.05, 3.63) is 30.0 Å². The van der Waals surface area contributed by atoms with Crippen LogP contribution in [-0.4, -0.2) is 15.7 Å². The van der Waals surface area contributed by atoms with Gasteiger partial charge in [-0.05, 0) is 26.8 Å². The molecule has 0 radical (unpaired) electrons. The van der Waals surface area contributed by atoms with Crippen molar-refractivity contribution in [1.82, 2.24) is 9.78 Å². The lowest BCUT2D eigenvalue weighted by Crippen LogP contribution is -2.24. The highest BCUT2D eigenvalue weighted by molar-refractivity contribution is 6.04. The Labute approximate surface area is 94.0 Å². The van der Waals surface area contributed by atoms with Gasteiger partial charge in [0, 0.05) is 5.39 Å². The highest BCUT2D eigenvalue weighted by Gasteiger charge is 2.21. The van der Waals surface area contributed by atoms with Crippen LogP contribution in [0.3, 0.4) is 0 Å². The fraction of sp³-hybridized carbons (Fsp3) is 0.333. The predicted molar refractivity (Wildman–Crippen MR) is 63.2 cm³/mol. The predicted octanol–water partition coefficient (Wildman–Crippen LogP) is 1.89. The number of rotatable bonds is 1. The molecule has 84 valence electrons. The third-order valence-electron chi connectivity index (χ3n) is 2.46. The van der Waals surface area contributed by atoms with Crippen molar-refractivity contribution in [1.29, 1.82) is 0 Å². The molecule has 0 unspecified atom stereocenters. The summed E-state index contributed by atoms with van der Waals surface area (Å²) >= 11 is 0. The van der Waals surface area contributed by atoms with Gasteiger partial charge >= 0.3 is 0 Å². The smallest absolute Gasteiger partial charge is 0.269 e. The van der Waals surface area contributed by atoms with Crippen LogP contribution in [0.15, 0.2) is 24.3 Å². The Bertz CT molecular complexity index is 549. The minimum atomic E-state index is -0.487. The Kier molecular flexibility index (Phi) is 2.22. The monoisotopic (exact) mass is 217 g/mol.